The zero-order valence-corrected chi connectivity index (χ0v) is 10.7. The maximum absolute atomic E-state index is 9.41. The normalized spacial score (nSPS) is 20.4. The van der Waals surface area contributed by atoms with Crippen LogP contribution in [0.4, 0.5) is 5.69 Å². The summed E-state index contributed by atoms with van der Waals surface area (Å²) in [6.45, 7) is 2.26. The van der Waals surface area contributed by atoms with Crippen LogP contribution in [0.5, 0.6) is 5.75 Å². The van der Waals surface area contributed by atoms with Crippen molar-refractivity contribution in [2.24, 2.45) is 0 Å². The van der Waals surface area contributed by atoms with E-state index in [4.69, 9.17) is 10.8 Å². The number of phenols is 1. The Hall–Kier alpha value is -1.26. The van der Waals surface area contributed by atoms with Crippen LogP contribution in [0.1, 0.15) is 31.2 Å². The molecule has 1 fully saturated rings. The maximum Gasteiger partial charge on any atom is 0.138 e. The van der Waals surface area contributed by atoms with Crippen LogP contribution in [0.2, 0.25) is 0 Å². The number of nitrogen functional groups attached to an aromatic ring is 1. The molecule has 4 N–H and O–H groups in total. The van der Waals surface area contributed by atoms with Gasteiger partial charge in [-0.3, -0.25) is 4.90 Å². The van der Waals surface area contributed by atoms with E-state index in [-0.39, 0.29) is 12.4 Å². The first-order chi connectivity index (χ1) is 8.70. The molecule has 0 radical (unpaired) electrons. The van der Waals surface area contributed by atoms with Gasteiger partial charge in [-0.25, -0.2) is 0 Å². The number of phenolic OH excluding ortho intramolecular Hbond substituents is 1. The number of aromatic hydroxyl groups is 1. The molecule has 1 aliphatic rings. The lowest BCUT2D eigenvalue weighted by Crippen LogP contribution is -2.29. The summed E-state index contributed by atoms with van der Waals surface area (Å²) in [5.74, 6) is 0.150. The number of nitrogens with two attached hydrogens (primary N) is 1. The Balaban J connectivity index is 1.96. The maximum atomic E-state index is 9.41. The van der Waals surface area contributed by atoms with Crippen LogP contribution in [-0.2, 0) is 6.54 Å². The number of aliphatic hydroxyl groups is 1. The van der Waals surface area contributed by atoms with Gasteiger partial charge in [-0.05, 0) is 49.9 Å². The Bertz CT molecular complexity index is 395. The van der Waals surface area contributed by atoms with E-state index < -0.39 is 0 Å². The Labute approximate surface area is 108 Å². The highest BCUT2D eigenvalue weighted by Crippen LogP contribution is 2.26. The van der Waals surface area contributed by atoms with E-state index in [1.165, 1.54) is 12.8 Å². The number of nitrogens with zero attached hydrogens (tertiary/aromatic N) is 1. The number of rotatable bonds is 5. The standard InChI is InChI=1S/C14H22N2O2/c15-13-9-11(5-6-14(13)18)10-16-7-1-3-12(16)4-2-8-17/h5-6,9,12,17-18H,1-4,7-8,10,15H2. The van der Waals surface area contributed by atoms with Crippen molar-refractivity contribution in [1.29, 1.82) is 0 Å². The van der Waals surface area contributed by atoms with Crippen LogP contribution in [-0.4, -0.2) is 34.3 Å². The van der Waals surface area contributed by atoms with E-state index in [0.717, 1.165) is 31.5 Å². The molecule has 1 aromatic rings. The molecular formula is C14H22N2O2. The number of hydrogen-bond donors (Lipinski definition) is 3. The summed E-state index contributed by atoms with van der Waals surface area (Å²) in [5, 5.41) is 18.3. The van der Waals surface area contributed by atoms with Crippen LogP contribution in [0.15, 0.2) is 18.2 Å². The molecule has 1 atom stereocenters. The van der Waals surface area contributed by atoms with Crippen molar-refractivity contribution >= 4 is 5.69 Å². The molecule has 100 valence electrons. The molecule has 1 saturated heterocycles. The fraction of sp³-hybridized carbons (Fsp3) is 0.571. The van der Waals surface area contributed by atoms with Crippen molar-refractivity contribution in [2.75, 3.05) is 18.9 Å². The van der Waals surface area contributed by atoms with Gasteiger partial charge in [0, 0.05) is 19.2 Å². The summed E-state index contributed by atoms with van der Waals surface area (Å²) in [6, 6.07) is 6.00. The molecule has 1 aromatic carbocycles. The minimum atomic E-state index is 0.150. The number of aliphatic hydroxyl groups excluding tert-OH is 1. The summed E-state index contributed by atoms with van der Waals surface area (Å²) >= 11 is 0. The SMILES string of the molecule is Nc1cc(CN2CCCC2CCCO)ccc1O. The van der Waals surface area contributed by atoms with Gasteiger partial charge in [0.15, 0.2) is 0 Å². The van der Waals surface area contributed by atoms with Gasteiger partial charge in [-0.1, -0.05) is 6.07 Å². The molecule has 0 saturated carbocycles. The zero-order chi connectivity index (χ0) is 13.0. The molecule has 2 rings (SSSR count). The van der Waals surface area contributed by atoms with Crippen molar-refractivity contribution < 1.29 is 10.2 Å². The Morgan fingerprint density at radius 1 is 1.39 bits per heavy atom. The van der Waals surface area contributed by atoms with E-state index in [1.54, 1.807) is 6.07 Å². The molecule has 0 aromatic heterocycles. The number of anilines is 1. The van der Waals surface area contributed by atoms with Gasteiger partial charge in [0.2, 0.25) is 0 Å². The number of hydrogen-bond acceptors (Lipinski definition) is 4. The van der Waals surface area contributed by atoms with Gasteiger partial charge >= 0.3 is 0 Å². The molecule has 4 nitrogen and oxygen atoms in total. The van der Waals surface area contributed by atoms with Crippen LogP contribution in [0.25, 0.3) is 0 Å². The first-order valence-corrected chi connectivity index (χ1v) is 6.63. The van der Waals surface area contributed by atoms with E-state index in [1.807, 2.05) is 12.1 Å². The second kappa shape index (κ2) is 6.07. The van der Waals surface area contributed by atoms with Crippen LogP contribution >= 0.6 is 0 Å². The summed E-state index contributed by atoms with van der Waals surface area (Å²) in [4.78, 5) is 2.45. The molecule has 18 heavy (non-hydrogen) atoms. The molecular weight excluding hydrogens is 228 g/mol. The van der Waals surface area contributed by atoms with Crippen molar-refractivity contribution in [3.63, 3.8) is 0 Å². The molecule has 1 aliphatic heterocycles. The van der Waals surface area contributed by atoms with E-state index in [0.29, 0.717) is 11.7 Å². The smallest absolute Gasteiger partial charge is 0.138 e. The molecule has 0 spiro atoms. The average Bonchev–Trinajstić information content (AvgIpc) is 2.79. The molecule has 1 unspecified atom stereocenters. The van der Waals surface area contributed by atoms with Gasteiger partial charge in [0.25, 0.3) is 0 Å². The molecule has 4 heteroatoms. The summed E-state index contributed by atoms with van der Waals surface area (Å²) in [7, 11) is 0. The average molecular weight is 250 g/mol. The van der Waals surface area contributed by atoms with E-state index in [9.17, 15) is 5.11 Å². The highest BCUT2D eigenvalue weighted by Gasteiger charge is 2.23. The monoisotopic (exact) mass is 250 g/mol. The highest BCUT2D eigenvalue weighted by molar-refractivity contribution is 5.53. The van der Waals surface area contributed by atoms with Crippen LogP contribution in [0, 0.1) is 0 Å². The third-order valence-electron chi connectivity index (χ3n) is 3.67. The van der Waals surface area contributed by atoms with Gasteiger partial charge in [-0.2, -0.15) is 0 Å². The molecule has 0 bridgehead atoms. The molecule has 0 amide bonds. The van der Waals surface area contributed by atoms with E-state index >= 15 is 0 Å². The lowest BCUT2D eigenvalue weighted by molar-refractivity contribution is 0.210. The van der Waals surface area contributed by atoms with Gasteiger partial charge < -0.3 is 15.9 Å². The summed E-state index contributed by atoms with van der Waals surface area (Å²) in [6.07, 6.45) is 4.38. The Morgan fingerprint density at radius 3 is 2.94 bits per heavy atom. The quantitative estimate of drug-likeness (QED) is 0.549. The van der Waals surface area contributed by atoms with Crippen LogP contribution < -0.4 is 5.73 Å². The van der Waals surface area contributed by atoms with E-state index in [2.05, 4.69) is 4.90 Å². The highest BCUT2D eigenvalue weighted by atomic mass is 16.3. The topological polar surface area (TPSA) is 69.7 Å². The third kappa shape index (κ3) is 3.15. The fourth-order valence-electron chi connectivity index (χ4n) is 2.69. The van der Waals surface area contributed by atoms with Gasteiger partial charge in [-0.15, -0.1) is 0 Å². The van der Waals surface area contributed by atoms with Crippen molar-refractivity contribution in [2.45, 2.75) is 38.3 Å². The first-order valence-electron chi connectivity index (χ1n) is 6.63. The lowest BCUT2D eigenvalue weighted by Gasteiger charge is -2.24. The Morgan fingerprint density at radius 2 is 2.22 bits per heavy atom. The third-order valence-corrected chi connectivity index (χ3v) is 3.67. The number of likely N-dealkylation sites (tertiary alicyclic amines) is 1. The second-order valence-electron chi connectivity index (χ2n) is 5.03. The Kier molecular flexibility index (Phi) is 4.44. The second-order valence-corrected chi connectivity index (χ2v) is 5.03. The van der Waals surface area contributed by atoms with Crippen LogP contribution in [0.3, 0.4) is 0 Å². The minimum absolute atomic E-state index is 0.150. The first kappa shape index (κ1) is 13.2. The van der Waals surface area contributed by atoms with Crippen molar-refractivity contribution in [1.82, 2.24) is 4.90 Å². The van der Waals surface area contributed by atoms with Crippen molar-refractivity contribution in [3.8, 4) is 5.75 Å². The summed E-state index contributed by atoms with van der Waals surface area (Å²) in [5.41, 5.74) is 7.29. The van der Waals surface area contributed by atoms with Crippen molar-refractivity contribution in [3.05, 3.63) is 23.8 Å². The largest absolute Gasteiger partial charge is 0.506 e. The predicted molar refractivity (Wildman–Crippen MR) is 72.3 cm³/mol. The predicted octanol–water partition coefficient (Wildman–Crippen LogP) is 1.71. The minimum Gasteiger partial charge on any atom is -0.506 e. The zero-order valence-electron chi connectivity index (χ0n) is 10.7. The summed E-state index contributed by atoms with van der Waals surface area (Å²) < 4.78 is 0. The fourth-order valence-corrected chi connectivity index (χ4v) is 2.69. The van der Waals surface area contributed by atoms with Gasteiger partial charge in [0.05, 0.1) is 5.69 Å². The molecule has 0 aliphatic carbocycles. The number of benzene rings is 1. The lowest BCUT2D eigenvalue weighted by atomic mass is 10.1. The van der Waals surface area contributed by atoms with Gasteiger partial charge in [0.1, 0.15) is 5.75 Å². The molecule has 1 heterocycles.